The fraction of sp³-hybridized carbons (Fsp3) is 0.0185. The third kappa shape index (κ3) is 6.35. The molecule has 1 aliphatic rings. The Bertz CT molecular complexity index is 3180. The molecule has 0 N–H and O–H groups in total. The number of aromatic nitrogens is 2. The summed E-state index contributed by atoms with van der Waals surface area (Å²) in [6, 6.07) is 58.5. The van der Waals surface area contributed by atoms with E-state index in [1.54, 1.807) is 0 Å². The van der Waals surface area contributed by atoms with Crippen LogP contribution in [0.4, 0.5) is 0 Å². The first-order valence-corrected chi connectivity index (χ1v) is 19.3. The third-order valence-corrected chi connectivity index (χ3v) is 11.0. The Morgan fingerprint density at radius 2 is 1.00 bits per heavy atom. The van der Waals surface area contributed by atoms with Crippen LogP contribution in [0.1, 0.15) is 12.5 Å². The van der Waals surface area contributed by atoms with E-state index < -0.39 is 0 Å². The number of aliphatic imine (C=N–C) groups is 1. The van der Waals surface area contributed by atoms with Crippen molar-refractivity contribution in [3.63, 3.8) is 0 Å². The molecular formula is C54H37N3. The Balaban J connectivity index is 1.09. The zero-order valence-corrected chi connectivity index (χ0v) is 31.5. The first-order chi connectivity index (χ1) is 28.1. The van der Waals surface area contributed by atoms with Crippen LogP contribution in [0.2, 0.25) is 0 Å². The molecule has 8 aromatic carbocycles. The van der Waals surface area contributed by atoms with Gasteiger partial charge in [-0.3, -0.25) is 4.99 Å². The predicted octanol–water partition coefficient (Wildman–Crippen LogP) is 14.2. The minimum Gasteiger partial charge on any atom is -0.256 e. The van der Waals surface area contributed by atoms with Gasteiger partial charge in [0.1, 0.15) is 0 Å². The van der Waals surface area contributed by atoms with Crippen LogP contribution in [0, 0.1) is 0 Å². The van der Waals surface area contributed by atoms with Crippen molar-refractivity contribution in [3.05, 3.63) is 212 Å². The molecule has 0 unspecified atom stereocenters. The molecule has 1 heterocycles. The van der Waals surface area contributed by atoms with Gasteiger partial charge in [0.15, 0.2) is 5.82 Å². The standard InChI is InChI=1S/C54H37N3/c1-35-13-3-12-22-51(35)55-34-36(2)37-23-29-40(30-24-37)54-56-52(33-53(57-54)50-32-42-15-5-7-17-44(42)46-19-9-11-21-48(46)50)39-27-25-38(26-28-39)49-31-41-14-4-6-16-43(41)45-18-8-10-20-47(45)49/h3-34H,1H2,2H3/b36-34+,55-51?. The second kappa shape index (κ2) is 14.3. The Labute approximate surface area is 332 Å². The molecule has 57 heavy (non-hydrogen) atoms. The van der Waals surface area contributed by atoms with Crippen molar-refractivity contribution in [2.75, 3.05) is 0 Å². The van der Waals surface area contributed by atoms with E-state index in [0.29, 0.717) is 5.82 Å². The lowest BCUT2D eigenvalue weighted by atomic mass is 9.92. The third-order valence-electron chi connectivity index (χ3n) is 11.0. The zero-order valence-electron chi connectivity index (χ0n) is 31.5. The lowest BCUT2D eigenvalue weighted by Crippen LogP contribution is -1.97. The minimum atomic E-state index is 0.674. The number of hydrogen-bond donors (Lipinski definition) is 0. The van der Waals surface area contributed by atoms with Gasteiger partial charge < -0.3 is 0 Å². The molecule has 3 heteroatoms. The topological polar surface area (TPSA) is 38.1 Å². The van der Waals surface area contributed by atoms with Crippen molar-refractivity contribution in [2.45, 2.75) is 6.92 Å². The highest BCUT2D eigenvalue weighted by molar-refractivity contribution is 6.15. The molecule has 0 amide bonds. The van der Waals surface area contributed by atoms with Gasteiger partial charge in [0.05, 0.1) is 17.1 Å². The quantitative estimate of drug-likeness (QED) is 0.160. The van der Waals surface area contributed by atoms with Crippen LogP contribution in [0.15, 0.2) is 211 Å². The molecular weight excluding hydrogens is 691 g/mol. The number of hydrogen-bond acceptors (Lipinski definition) is 3. The molecule has 0 bridgehead atoms. The van der Waals surface area contributed by atoms with Gasteiger partial charge in [0, 0.05) is 22.9 Å². The van der Waals surface area contributed by atoms with Crippen LogP contribution >= 0.6 is 0 Å². The highest BCUT2D eigenvalue weighted by atomic mass is 14.9. The van der Waals surface area contributed by atoms with Gasteiger partial charge in [-0.1, -0.05) is 170 Å². The molecule has 10 rings (SSSR count). The smallest absolute Gasteiger partial charge is 0.160 e. The molecule has 3 nitrogen and oxygen atoms in total. The maximum absolute atomic E-state index is 5.29. The molecule has 0 saturated heterocycles. The Hall–Kier alpha value is -7.49. The second-order valence-corrected chi connectivity index (χ2v) is 14.6. The lowest BCUT2D eigenvalue weighted by Gasteiger charge is -2.14. The van der Waals surface area contributed by atoms with Crippen LogP contribution < -0.4 is 0 Å². The summed E-state index contributed by atoms with van der Waals surface area (Å²) in [5.41, 5.74) is 11.1. The number of rotatable bonds is 6. The van der Waals surface area contributed by atoms with E-state index in [0.717, 1.165) is 55.9 Å². The van der Waals surface area contributed by atoms with Gasteiger partial charge in [-0.25, -0.2) is 9.97 Å². The summed E-state index contributed by atoms with van der Waals surface area (Å²) in [5, 5.41) is 9.78. The largest absolute Gasteiger partial charge is 0.256 e. The highest BCUT2D eigenvalue weighted by Crippen LogP contribution is 2.38. The predicted molar refractivity (Wildman–Crippen MR) is 242 cm³/mol. The van der Waals surface area contributed by atoms with Crippen LogP contribution in [-0.4, -0.2) is 15.7 Å². The average Bonchev–Trinajstić information content (AvgIpc) is 3.28. The number of fused-ring (bicyclic) bond motifs is 6. The van der Waals surface area contributed by atoms with Gasteiger partial charge >= 0.3 is 0 Å². The fourth-order valence-electron chi connectivity index (χ4n) is 8.00. The van der Waals surface area contributed by atoms with Crippen molar-refractivity contribution >= 4 is 54.4 Å². The second-order valence-electron chi connectivity index (χ2n) is 14.6. The van der Waals surface area contributed by atoms with Gasteiger partial charge in [-0.05, 0) is 102 Å². The van der Waals surface area contributed by atoms with Crippen LogP contribution in [0.3, 0.4) is 0 Å². The molecule has 0 atom stereocenters. The summed E-state index contributed by atoms with van der Waals surface area (Å²) in [5.74, 6) is 0.674. The van der Waals surface area contributed by atoms with E-state index in [4.69, 9.17) is 15.0 Å². The van der Waals surface area contributed by atoms with E-state index in [-0.39, 0.29) is 0 Å². The van der Waals surface area contributed by atoms with Crippen molar-refractivity contribution in [1.82, 2.24) is 9.97 Å². The molecule has 1 aliphatic carbocycles. The fourth-order valence-corrected chi connectivity index (χ4v) is 8.00. The number of nitrogens with zero attached hydrogens (tertiary/aromatic N) is 3. The summed E-state index contributed by atoms with van der Waals surface area (Å²) in [6.07, 6.45) is 9.82. The van der Waals surface area contributed by atoms with E-state index in [1.165, 1.54) is 48.8 Å². The summed E-state index contributed by atoms with van der Waals surface area (Å²) < 4.78 is 0. The maximum atomic E-state index is 5.29. The van der Waals surface area contributed by atoms with E-state index >= 15 is 0 Å². The molecule has 0 fully saturated rings. The average molecular weight is 728 g/mol. The van der Waals surface area contributed by atoms with Crippen molar-refractivity contribution in [2.24, 2.45) is 4.99 Å². The highest BCUT2D eigenvalue weighted by Gasteiger charge is 2.16. The molecule has 0 radical (unpaired) electrons. The number of allylic oxidation sites excluding steroid dienone is 6. The van der Waals surface area contributed by atoms with E-state index in [2.05, 4.69) is 177 Å². The van der Waals surface area contributed by atoms with Gasteiger partial charge in [0.2, 0.25) is 0 Å². The normalized spacial score (nSPS) is 13.7. The lowest BCUT2D eigenvalue weighted by molar-refractivity contribution is 1.18. The Kier molecular flexibility index (Phi) is 8.54. The first kappa shape index (κ1) is 34.0. The summed E-state index contributed by atoms with van der Waals surface area (Å²) in [6.45, 7) is 6.19. The summed E-state index contributed by atoms with van der Waals surface area (Å²) >= 11 is 0. The summed E-state index contributed by atoms with van der Waals surface area (Å²) in [7, 11) is 0. The van der Waals surface area contributed by atoms with Gasteiger partial charge in [0.25, 0.3) is 0 Å². The minimum absolute atomic E-state index is 0.674. The molecule has 9 aromatic rings. The van der Waals surface area contributed by atoms with Crippen LogP contribution in [-0.2, 0) is 0 Å². The molecule has 0 spiro atoms. The molecule has 268 valence electrons. The van der Waals surface area contributed by atoms with Crippen molar-refractivity contribution in [3.8, 4) is 45.0 Å². The van der Waals surface area contributed by atoms with Crippen molar-refractivity contribution in [1.29, 1.82) is 0 Å². The molecule has 1 aromatic heterocycles. The maximum Gasteiger partial charge on any atom is 0.160 e. The monoisotopic (exact) mass is 727 g/mol. The molecule has 0 aliphatic heterocycles. The SMILES string of the molecule is C=C1C=CC=CC1=N/C=C(\C)c1ccc(-c2nc(-c3ccc(-c4cc5ccccc5c5ccccc45)cc3)cc(-c3cc4ccccc4c4ccccc34)n2)cc1. The van der Waals surface area contributed by atoms with Crippen molar-refractivity contribution < 1.29 is 0 Å². The van der Waals surface area contributed by atoms with Crippen LogP contribution in [0.25, 0.3) is 93.7 Å². The van der Waals surface area contributed by atoms with E-state index in [9.17, 15) is 0 Å². The van der Waals surface area contributed by atoms with E-state index in [1.807, 2.05) is 30.5 Å². The Morgan fingerprint density at radius 3 is 1.65 bits per heavy atom. The summed E-state index contributed by atoms with van der Waals surface area (Å²) in [4.78, 5) is 15.2. The number of benzene rings is 8. The van der Waals surface area contributed by atoms with Gasteiger partial charge in [-0.2, -0.15) is 0 Å². The first-order valence-electron chi connectivity index (χ1n) is 19.3. The van der Waals surface area contributed by atoms with Gasteiger partial charge in [-0.15, -0.1) is 0 Å². The van der Waals surface area contributed by atoms with Crippen LogP contribution in [0.5, 0.6) is 0 Å². The Morgan fingerprint density at radius 1 is 0.491 bits per heavy atom. The molecule has 0 saturated carbocycles. The zero-order chi connectivity index (χ0) is 38.3.